The molecule has 0 amide bonds. The van der Waals surface area contributed by atoms with E-state index >= 15 is 0 Å². The Morgan fingerprint density at radius 3 is 2.70 bits per heavy atom. The van der Waals surface area contributed by atoms with Crippen LogP contribution in [0.5, 0.6) is 5.88 Å². The van der Waals surface area contributed by atoms with E-state index in [-0.39, 0.29) is 6.04 Å². The smallest absolute Gasteiger partial charge is 0.216 e. The summed E-state index contributed by atoms with van der Waals surface area (Å²) in [7, 11) is 1.58. The van der Waals surface area contributed by atoms with Gasteiger partial charge in [0, 0.05) is 6.07 Å². The van der Waals surface area contributed by atoms with Gasteiger partial charge in [0.1, 0.15) is 6.33 Å². The number of nitrogens with two attached hydrogens (primary N) is 1. The predicted molar refractivity (Wildman–Crippen MR) is 79.6 cm³/mol. The van der Waals surface area contributed by atoms with Gasteiger partial charge in [0.05, 0.1) is 18.8 Å². The SMILES string of the molecule is COc1cc(C(N)c2cccc(CC(C)C)c2)ncn1. The van der Waals surface area contributed by atoms with Crippen molar-refractivity contribution in [1.29, 1.82) is 0 Å². The van der Waals surface area contributed by atoms with Gasteiger partial charge in [-0.05, 0) is 23.5 Å². The van der Waals surface area contributed by atoms with Gasteiger partial charge in [0.2, 0.25) is 5.88 Å². The highest BCUT2D eigenvalue weighted by atomic mass is 16.5. The summed E-state index contributed by atoms with van der Waals surface area (Å²) in [6, 6.07) is 9.88. The lowest BCUT2D eigenvalue weighted by atomic mass is 9.97. The van der Waals surface area contributed by atoms with Crippen molar-refractivity contribution in [2.45, 2.75) is 26.3 Å². The molecule has 0 aliphatic carbocycles. The van der Waals surface area contributed by atoms with Crippen LogP contribution in [0.3, 0.4) is 0 Å². The van der Waals surface area contributed by atoms with E-state index in [1.165, 1.54) is 11.9 Å². The Labute approximate surface area is 120 Å². The fourth-order valence-corrected chi connectivity index (χ4v) is 2.19. The number of methoxy groups -OCH3 is 1. The minimum absolute atomic E-state index is 0.265. The number of benzene rings is 1. The highest BCUT2D eigenvalue weighted by Crippen LogP contribution is 2.21. The molecule has 4 nitrogen and oxygen atoms in total. The van der Waals surface area contributed by atoms with Crippen LogP contribution in [-0.2, 0) is 6.42 Å². The van der Waals surface area contributed by atoms with E-state index in [4.69, 9.17) is 10.5 Å². The Morgan fingerprint density at radius 2 is 2.00 bits per heavy atom. The molecule has 2 rings (SSSR count). The molecule has 1 aromatic heterocycles. The zero-order valence-corrected chi connectivity index (χ0v) is 12.2. The maximum absolute atomic E-state index is 6.29. The van der Waals surface area contributed by atoms with Crippen LogP contribution in [0.25, 0.3) is 0 Å². The first-order valence-corrected chi connectivity index (χ1v) is 6.80. The molecule has 0 saturated heterocycles. The molecule has 2 aromatic rings. The number of hydrogen-bond acceptors (Lipinski definition) is 4. The lowest BCUT2D eigenvalue weighted by Crippen LogP contribution is -2.14. The van der Waals surface area contributed by atoms with Crippen LogP contribution in [-0.4, -0.2) is 17.1 Å². The van der Waals surface area contributed by atoms with E-state index in [1.54, 1.807) is 13.2 Å². The number of ether oxygens (including phenoxy) is 1. The normalized spacial score (nSPS) is 12.4. The van der Waals surface area contributed by atoms with E-state index in [0.717, 1.165) is 17.7 Å². The number of rotatable bonds is 5. The van der Waals surface area contributed by atoms with Gasteiger partial charge in [0.15, 0.2) is 0 Å². The molecule has 1 aromatic carbocycles. The van der Waals surface area contributed by atoms with Crippen LogP contribution in [0, 0.1) is 5.92 Å². The first-order valence-electron chi connectivity index (χ1n) is 6.80. The summed E-state index contributed by atoms with van der Waals surface area (Å²) in [4.78, 5) is 8.24. The second-order valence-electron chi connectivity index (χ2n) is 5.31. The standard InChI is InChI=1S/C16H21N3O/c1-11(2)7-12-5-4-6-13(8-12)16(17)14-9-15(20-3)19-10-18-14/h4-6,8-11,16H,7,17H2,1-3H3. The van der Waals surface area contributed by atoms with E-state index < -0.39 is 0 Å². The first kappa shape index (κ1) is 14.5. The Morgan fingerprint density at radius 1 is 1.20 bits per heavy atom. The number of hydrogen-bond donors (Lipinski definition) is 1. The molecular formula is C16H21N3O. The summed E-state index contributed by atoms with van der Waals surface area (Å²) in [5.41, 5.74) is 9.42. The van der Waals surface area contributed by atoms with Gasteiger partial charge in [-0.1, -0.05) is 38.1 Å². The quantitative estimate of drug-likeness (QED) is 0.908. The summed E-state index contributed by atoms with van der Waals surface area (Å²) in [6.07, 6.45) is 2.53. The van der Waals surface area contributed by atoms with Crippen LogP contribution in [0.4, 0.5) is 0 Å². The van der Waals surface area contributed by atoms with Gasteiger partial charge in [-0.3, -0.25) is 0 Å². The van der Waals surface area contributed by atoms with Crippen molar-refractivity contribution in [3.05, 3.63) is 53.5 Å². The highest BCUT2D eigenvalue weighted by molar-refractivity contribution is 5.32. The van der Waals surface area contributed by atoms with Gasteiger partial charge >= 0.3 is 0 Å². The largest absolute Gasteiger partial charge is 0.481 e. The molecule has 0 spiro atoms. The molecule has 0 aliphatic heterocycles. The summed E-state index contributed by atoms with van der Waals surface area (Å²) in [6.45, 7) is 4.42. The van der Waals surface area contributed by atoms with E-state index in [1.807, 2.05) is 12.1 Å². The number of aromatic nitrogens is 2. The molecule has 0 aliphatic rings. The zero-order valence-electron chi connectivity index (χ0n) is 12.2. The topological polar surface area (TPSA) is 61.0 Å². The fourth-order valence-electron chi connectivity index (χ4n) is 2.19. The van der Waals surface area contributed by atoms with Gasteiger partial charge in [-0.15, -0.1) is 0 Å². The molecule has 106 valence electrons. The maximum atomic E-state index is 6.29. The molecule has 0 saturated carbocycles. The lowest BCUT2D eigenvalue weighted by molar-refractivity contribution is 0.395. The van der Waals surface area contributed by atoms with Crippen LogP contribution >= 0.6 is 0 Å². The Balaban J connectivity index is 2.25. The van der Waals surface area contributed by atoms with Crippen LogP contribution in [0.15, 0.2) is 36.7 Å². The average Bonchev–Trinajstić information content (AvgIpc) is 2.46. The Bertz CT molecular complexity index is 569. The molecular weight excluding hydrogens is 250 g/mol. The van der Waals surface area contributed by atoms with E-state index in [0.29, 0.717) is 11.8 Å². The van der Waals surface area contributed by atoms with Crippen LogP contribution in [0.1, 0.15) is 36.7 Å². The van der Waals surface area contributed by atoms with Crippen molar-refractivity contribution in [2.75, 3.05) is 7.11 Å². The zero-order chi connectivity index (χ0) is 14.5. The van der Waals surface area contributed by atoms with Crippen molar-refractivity contribution in [3.63, 3.8) is 0 Å². The summed E-state index contributed by atoms with van der Waals surface area (Å²) in [5.74, 6) is 1.16. The molecule has 1 unspecified atom stereocenters. The first-order chi connectivity index (χ1) is 9.60. The fraction of sp³-hybridized carbons (Fsp3) is 0.375. The average molecular weight is 271 g/mol. The van der Waals surface area contributed by atoms with Gasteiger partial charge < -0.3 is 10.5 Å². The second-order valence-corrected chi connectivity index (χ2v) is 5.31. The Hall–Kier alpha value is -1.94. The molecule has 0 fully saturated rings. The lowest BCUT2D eigenvalue weighted by Gasteiger charge is -2.14. The van der Waals surface area contributed by atoms with Crippen molar-refractivity contribution in [2.24, 2.45) is 11.7 Å². The van der Waals surface area contributed by atoms with E-state index in [2.05, 4.69) is 35.9 Å². The van der Waals surface area contributed by atoms with Crippen LogP contribution in [0.2, 0.25) is 0 Å². The number of nitrogens with zero attached hydrogens (tertiary/aromatic N) is 2. The molecule has 20 heavy (non-hydrogen) atoms. The van der Waals surface area contributed by atoms with Gasteiger partial charge in [-0.25, -0.2) is 9.97 Å². The van der Waals surface area contributed by atoms with Gasteiger partial charge in [-0.2, -0.15) is 0 Å². The highest BCUT2D eigenvalue weighted by Gasteiger charge is 2.12. The minimum atomic E-state index is -0.265. The summed E-state index contributed by atoms with van der Waals surface area (Å²) in [5, 5.41) is 0. The Kier molecular flexibility index (Phi) is 4.69. The summed E-state index contributed by atoms with van der Waals surface area (Å²) < 4.78 is 5.11. The second kappa shape index (κ2) is 6.48. The monoisotopic (exact) mass is 271 g/mol. The third kappa shape index (κ3) is 3.54. The third-order valence-corrected chi connectivity index (χ3v) is 3.15. The molecule has 0 bridgehead atoms. The molecule has 1 atom stereocenters. The molecule has 2 N–H and O–H groups in total. The predicted octanol–water partition coefficient (Wildman–Crippen LogP) is 2.73. The molecule has 0 radical (unpaired) electrons. The van der Waals surface area contributed by atoms with Crippen molar-refractivity contribution < 1.29 is 4.74 Å². The van der Waals surface area contributed by atoms with Crippen molar-refractivity contribution in [1.82, 2.24) is 9.97 Å². The maximum Gasteiger partial charge on any atom is 0.216 e. The minimum Gasteiger partial charge on any atom is -0.481 e. The third-order valence-electron chi connectivity index (χ3n) is 3.15. The molecule has 1 heterocycles. The van der Waals surface area contributed by atoms with Crippen molar-refractivity contribution >= 4 is 0 Å². The van der Waals surface area contributed by atoms with E-state index in [9.17, 15) is 0 Å². The van der Waals surface area contributed by atoms with Crippen molar-refractivity contribution in [3.8, 4) is 5.88 Å². The molecule has 4 heteroatoms. The van der Waals surface area contributed by atoms with Crippen LogP contribution < -0.4 is 10.5 Å². The van der Waals surface area contributed by atoms with Gasteiger partial charge in [0.25, 0.3) is 0 Å². The summed E-state index contributed by atoms with van der Waals surface area (Å²) >= 11 is 0.